The minimum absolute atomic E-state index is 0.121. The molecule has 0 aliphatic carbocycles. The fourth-order valence-corrected chi connectivity index (χ4v) is 5.37. The summed E-state index contributed by atoms with van der Waals surface area (Å²) in [5.74, 6) is -0.121. The van der Waals surface area contributed by atoms with Crippen molar-refractivity contribution in [2.24, 2.45) is 0 Å². The van der Waals surface area contributed by atoms with E-state index in [0.717, 1.165) is 34.0 Å². The number of anilines is 1. The Hall–Kier alpha value is -3.97. The molecule has 5 rings (SSSR count). The van der Waals surface area contributed by atoms with Crippen molar-refractivity contribution < 1.29 is 4.79 Å². The van der Waals surface area contributed by atoms with Gasteiger partial charge in [-0.2, -0.15) is 0 Å². The molecule has 1 saturated heterocycles. The molecule has 1 fully saturated rings. The van der Waals surface area contributed by atoms with E-state index in [1.54, 1.807) is 6.20 Å². The summed E-state index contributed by atoms with van der Waals surface area (Å²) in [6, 6.07) is 25.6. The van der Waals surface area contributed by atoms with Crippen LogP contribution in [-0.4, -0.2) is 32.0 Å². The van der Waals surface area contributed by atoms with Crippen molar-refractivity contribution in [2.45, 2.75) is 32.9 Å². The van der Waals surface area contributed by atoms with Gasteiger partial charge in [-0.05, 0) is 80.5 Å². The minimum atomic E-state index is -0.196. The van der Waals surface area contributed by atoms with Crippen LogP contribution in [-0.2, 0) is 4.79 Å². The number of aryl methyl sites for hydroxylation is 2. The fraction of sp³-hybridized carbons (Fsp3) is 0.207. The summed E-state index contributed by atoms with van der Waals surface area (Å²) in [6.07, 6.45) is 1.79. The number of carbonyl (C=O) groups excluding carboxylic acids is 1. The van der Waals surface area contributed by atoms with Gasteiger partial charge in [-0.3, -0.25) is 9.78 Å². The predicted molar refractivity (Wildman–Crippen MR) is 147 cm³/mol. The van der Waals surface area contributed by atoms with Crippen LogP contribution in [0.2, 0.25) is 0 Å². The van der Waals surface area contributed by atoms with Crippen LogP contribution in [0.4, 0.5) is 5.69 Å². The van der Waals surface area contributed by atoms with E-state index in [0.29, 0.717) is 5.11 Å². The van der Waals surface area contributed by atoms with E-state index in [1.165, 1.54) is 5.56 Å². The van der Waals surface area contributed by atoms with Crippen molar-refractivity contribution in [1.29, 1.82) is 0 Å². The van der Waals surface area contributed by atoms with E-state index in [2.05, 4.69) is 71.3 Å². The number of carbonyl (C=O) groups is 1. The Morgan fingerprint density at radius 1 is 1.00 bits per heavy atom. The lowest BCUT2D eigenvalue weighted by molar-refractivity contribution is -0.116. The molecule has 0 radical (unpaired) electrons. The number of hydrogen-bond donors (Lipinski definition) is 2. The van der Waals surface area contributed by atoms with Gasteiger partial charge in [0.05, 0.1) is 17.8 Å². The zero-order chi connectivity index (χ0) is 25.2. The average Bonchev–Trinajstić information content (AvgIpc) is 3.35. The van der Waals surface area contributed by atoms with Crippen LogP contribution in [0.25, 0.3) is 5.69 Å². The topological polar surface area (TPSA) is 62.2 Å². The largest absolute Gasteiger partial charge is 0.352 e. The first-order valence-corrected chi connectivity index (χ1v) is 12.4. The van der Waals surface area contributed by atoms with Gasteiger partial charge in [0, 0.05) is 29.0 Å². The zero-order valence-corrected chi connectivity index (χ0v) is 21.4. The molecule has 1 amide bonds. The second-order valence-corrected chi connectivity index (χ2v) is 9.50. The van der Waals surface area contributed by atoms with Gasteiger partial charge in [0.2, 0.25) is 5.91 Å². The molecule has 2 aromatic heterocycles. The van der Waals surface area contributed by atoms with Crippen molar-refractivity contribution in [3.05, 3.63) is 113 Å². The standard InChI is InChI=1S/C29H29N5OS/c1-19-11-7-8-15-25(19)34-20(2)17-23(21(34)3)28-27(24-14-9-10-16-30-24)32-29(36)33(28)18-26(35)31-22-12-5-4-6-13-22/h4-17,27-28H,18H2,1-3H3,(H,31,35)(H,32,36)/t27-,28+/m0/s1. The quantitative estimate of drug-likeness (QED) is 0.350. The lowest BCUT2D eigenvalue weighted by atomic mass is 9.96. The van der Waals surface area contributed by atoms with Crippen molar-refractivity contribution in [1.82, 2.24) is 19.8 Å². The molecule has 2 aromatic carbocycles. The number of nitrogens with zero attached hydrogens (tertiary/aromatic N) is 3. The molecule has 2 N–H and O–H groups in total. The molecule has 1 aliphatic heterocycles. The molecule has 4 aromatic rings. The average molecular weight is 496 g/mol. The Morgan fingerprint density at radius 2 is 1.72 bits per heavy atom. The van der Waals surface area contributed by atoms with Gasteiger partial charge in [0.25, 0.3) is 0 Å². The Balaban J connectivity index is 1.55. The lowest BCUT2D eigenvalue weighted by Gasteiger charge is -2.27. The highest BCUT2D eigenvalue weighted by molar-refractivity contribution is 7.80. The summed E-state index contributed by atoms with van der Waals surface area (Å²) >= 11 is 5.78. The maximum atomic E-state index is 13.1. The monoisotopic (exact) mass is 495 g/mol. The van der Waals surface area contributed by atoms with Gasteiger partial charge >= 0.3 is 0 Å². The molecule has 7 heteroatoms. The molecular formula is C29H29N5OS. The Morgan fingerprint density at radius 3 is 2.44 bits per heavy atom. The molecule has 0 spiro atoms. The van der Waals surface area contributed by atoms with Gasteiger partial charge in [0.15, 0.2) is 5.11 Å². The number of amides is 1. The SMILES string of the molecule is Cc1ccccc1-n1c(C)cc([C@@H]2[C@H](c3ccccn3)NC(=S)N2CC(=O)Nc2ccccc2)c1C. The van der Waals surface area contributed by atoms with Gasteiger partial charge in [0.1, 0.15) is 6.54 Å². The van der Waals surface area contributed by atoms with E-state index in [-0.39, 0.29) is 24.5 Å². The summed E-state index contributed by atoms with van der Waals surface area (Å²) in [7, 11) is 0. The normalized spacial score (nSPS) is 17.2. The van der Waals surface area contributed by atoms with Crippen molar-refractivity contribution in [2.75, 3.05) is 11.9 Å². The molecule has 2 atom stereocenters. The van der Waals surface area contributed by atoms with Gasteiger partial charge in [-0.15, -0.1) is 0 Å². The van der Waals surface area contributed by atoms with E-state index in [4.69, 9.17) is 12.2 Å². The minimum Gasteiger partial charge on any atom is -0.352 e. The summed E-state index contributed by atoms with van der Waals surface area (Å²) in [5.41, 5.74) is 7.36. The first kappa shape index (κ1) is 23.8. The van der Waals surface area contributed by atoms with Crippen molar-refractivity contribution in [3.63, 3.8) is 0 Å². The highest BCUT2D eigenvalue weighted by Crippen LogP contribution is 2.41. The Bertz CT molecular complexity index is 1400. The van der Waals surface area contributed by atoms with Crippen molar-refractivity contribution in [3.8, 4) is 5.69 Å². The van der Waals surface area contributed by atoms with Crippen LogP contribution in [0, 0.1) is 20.8 Å². The van der Waals surface area contributed by atoms with Crippen LogP contribution in [0.5, 0.6) is 0 Å². The van der Waals surface area contributed by atoms with Crippen LogP contribution in [0.1, 0.15) is 40.3 Å². The maximum absolute atomic E-state index is 13.1. The number of aromatic nitrogens is 2. The third kappa shape index (κ3) is 4.50. The van der Waals surface area contributed by atoms with E-state index in [9.17, 15) is 4.79 Å². The third-order valence-corrected chi connectivity index (χ3v) is 7.07. The molecule has 6 nitrogen and oxygen atoms in total. The highest BCUT2D eigenvalue weighted by atomic mass is 32.1. The van der Waals surface area contributed by atoms with Gasteiger partial charge in [-0.1, -0.05) is 42.5 Å². The second-order valence-electron chi connectivity index (χ2n) is 9.12. The number of rotatable bonds is 6. The molecule has 0 bridgehead atoms. The highest BCUT2D eigenvalue weighted by Gasteiger charge is 2.42. The van der Waals surface area contributed by atoms with Crippen LogP contribution in [0.3, 0.4) is 0 Å². The summed E-state index contributed by atoms with van der Waals surface area (Å²) < 4.78 is 2.28. The van der Waals surface area contributed by atoms with Crippen molar-refractivity contribution >= 4 is 28.9 Å². The zero-order valence-electron chi connectivity index (χ0n) is 20.6. The molecule has 0 saturated carbocycles. The predicted octanol–water partition coefficient (Wildman–Crippen LogP) is 5.41. The first-order chi connectivity index (χ1) is 17.4. The van der Waals surface area contributed by atoms with Crippen LogP contribution < -0.4 is 10.6 Å². The van der Waals surface area contributed by atoms with Crippen LogP contribution in [0.15, 0.2) is 85.1 Å². The number of benzene rings is 2. The molecule has 0 unspecified atom stereocenters. The lowest BCUT2D eigenvalue weighted by Crippen LogP contribution is -2.37. The first-order valence-electron chi connectivity index (χ1n) is 12.0. The maximum Gasteiger partial charge on any atom is 0.244 e. The number of pyridine rings is 1. The van der Waals surface area contributed by atoms with Gasteiger partial charge in [-0.25, -0.2) is 0 Å². The second kappa shape index (κ2) is 9.95. The Kier molecular flexibility index (Phi) is 6.57. The number of thiocarbonyl (C=S) groups is 1. The van der Waals surface area contributed by atoms with Crippen LogP contribution >= 0.6 is 12.2 Å². The van der Waals surface area contributed by atoms with E-state index >= 15 is 0 Å². The Labute approximate surface area is 217 Å². The molecule has 1 aliphatic rings. The molecular weight excluding hydrogens is 466 g/mol. The number of para-hydroxylation sites is 2. The van der Waals surface area contributed by atoms with Gasteiger partial charge < -0.3 is 20.1 Å². The number of hydrogen-bond acceptors (Lipinski definition) is 3. The molecule has 36 heavy (non-hydrogen) atoms. The van der Waals surface area contributed by atoms with E-state index < -0.39 is 0 Å². The van der Waals surface area contributed by atoms with E-state index in [1.807, 2.05) is 53.4 Å². The number of nitrogens with one attached hydrogen (secondary N) is 2. The summed E-state index contributed by atoms with van der Waals surface area (Å²) in [4.78, 5) is 19.7. The third-order valence-electron chi connectivity index (χ3n) is 6.71. The molecule has 182 valence electrons. The summed E-state index contributed by atoms with van der Waals surface area (Å²) in [5, 5.41) is 6.98. The smallest absolute Gasteiger partial charge is 0.244 e. The summed E-state index contributed by atoms with van der Waals surface area (Å²) in [6.45, 7) is 6.50. The molecule has 3 heterocycles. The fourth-order valence-electron chi connectivity index (χ4n) is 5.06.